The quantitative estimate of drug-likeness (QED) is 0.0345. The van der Waals surface area contributed by atoms with Crippen molar-refractivity contribution in [2.75, 3.05) is 13.2 Å². The summed E-state index contributed by atoms with van der Waals surface area (Å²) < 4.78 is 16.8. The van der Waals surface area contributed by atoms with Crippen molar-refractivity contribution in [3.63, 3.8) is 0 Å². The fourth-order valence-corrected chi connectivity index (χ4v) is 8.12. The molecular formula is C54H104O6. The standard InChI is InChI=1S/C54H104O6/c1-48(2)40-34-28-22-16-11-8-7-9-13-19-25-31-37-43-52(55)58-46-51(60-54(57)45-39-33-27-21-15-18-24-30-36-42-50(5)6)47-59-53(56)44-38-32-26-20-14-10-12-17-23-29-35-41-49(3)4/h48-51H,7-47H2,1-6H3/t51-/m0/s1. The fraction of sp³-hybridized carbons (Fsp3) is 0.944. The summed E-state index contributed by atoms with van der Waals surface area (Å²) in [6.07, 6.45) is 45.2. The molecule has 0 N–H and O–H groups in total. The normalized spacial score (nSPS) is 12.2. The second kappa shape index (κ2) is 45.4. The van der Waals surface area contributed by atoms with Crippen LogP contribution < -0.4 is 0 Å². The first-order valence-electron chi connectivity index (χ1n) is 26.6. The van der Waals surface area contributed by atoms with Gasteiger partial charge >= 0.3 is 17.9 Å². The molecule has 0 aromatic rings. The molecule has 6 nitrogen and oxygen atoms in total. The van der Waals surface area contributed by atoms with Gasteiger partial charge in [-0.3, -0.25) is 14.4 Å². The van der Waals surface area contributed by atoms with Crippen LogP contribution in [0, 0.1) is 17.8 Å². The first kappa shape index (κ1) is 58.4. The first-order chi connectivity index (χ1) is 29.1. The van der Waals surface area contributed by atoms with Crippen molar-refractivity contribution in [2.24, 2.45) is 17.8 Å². The van der Waals surface area contributed by atoms with Crippen LogP contribution in [0.5, 0.6) is 0 Å². The number of unbranched alkanes of at least 4 members (excludes halogenated alkanes) is 30. The molecule has 0 bridgehead atoms. The van der Waals surface area contributed by atoms with Gasteiger partial charge < -0.3 is 14.2 Å². The summed E-state index contributed by atoms with van der Waals surface area (Å²) in [7, 11) is 0. The Kier molecular flexibility index (Phi) is 44.2. The first-order valence-corrected chi connectivity index (χ1v) is 26.6. The molecular weight excluding hydrogens is 745 g/mol. The minimum Gasteiger partial charge on any atom is -0.462 e. The highest BCUT2D eigenvalue weighted by Gasteiger charge is 2.19. The zero-order chi connectivity index (χ0) is 44.2. The molecule has 0 rings (SSSR count). The molecule has 6 heteroatoms. The van der Waals surface area contributed by atoms with Gasteiger partial charge in [0.1, 0.15) is 13.2 Å². The van der Waals surface area contributed by atoms with E-state index in [1.807, 2.05) is 0 Å². The molecule has 0 fully saturated rings. The molecule has 0 saturated carbocycles. The third-order valence-electron chi connectivity index (χ3n) is 12.1. The molecule has 0 aromatic heterocycles. The predicted molar refractivity (Wildman–Crippen MR) is 256 cm³/mol. The molecule has 0 saturated heterocycles. The molecule has 356 valence electrons. The summed E-state index contributed by atoms with van der Waals surface area (Å²) in [6.45, 7) is 13.7. The Morgan fingerprint density at radius 1 is 0.283 bits per heavy atom. The van der Waals surface area contributed by atoms with Crippen LogP contribution in [0.1, 0.15) is 292 Å². The average molecular weight is 849 g/mol. The van der Waals surface area contributed by atoms with Crippen molar-refractivity contribution in [1.82, 2.24) is 0 Å². The van der Waals surface area contributed by atoms with E-state index in [9.17, 15) is 14.4 Å². The fourth-order valence-electron chi connectivity index (χ4n) is 8.12. The molecule has 0 spiro atoms. The molecule has 0 aliphatic rings. The van der Waals surface area contributed by atoms with E-state index in [-0.39, 0.29) is 31.1 Å². The van der Waals surface area contributed by atoms with Crippen LogP contribution in [-0.2, 0) is 28.6 Å². The third kappa shape index (κ3) is 47.5. The number of rotatable bonds is 47. The smallest absolute Gasteiger partial charge is 0.306 e. The third-order valence-corrected chi connectivity index (χ3v) is 12.1. The minimum absolute atomic E-state index is 0.0646. The van der Waals surface area contributed by atoms with Crippen molar-refractivity contribution in [1.29, 1.82) is 0 Å². The highest BCUT2D eigenvalue weighted by atomic mass is 16.6. The number of carbonyl (C=O) groups is 3. The van der Waals surface area contributed by atoms with Gasteiger partial charge in [-0.1, -0.05) is 253 Å². The molecule has 0 heterocycles. The van der Waals surface area contributed by atoms with Crippen molar-refractivity contribution in [3.8, 4) is 0 Å². The van der Waals surface area contributed by atoms with Crippen LogP contribution in [0.25, 0.3) is 0 Å². The van der Waals surface area contributed by atoms with Crippen molar-refractivity contribution >= 4 is 17.9 Å². The van der Waals surface area contributed by atoms with Gasteiger partial charge in [-0.25, -0.2) is 0 Å². The van der Waals surface area contributed by atoms with Gasteiger partial charge in [-0.05, 0) is 37.0 Å². The van der Waals surface area contributed by atoms with Crippen LogP contribution >= 0.6 is 0 Å². The molecule has 0 aliphatic heterocycles. The summed E-state index contributed by atoms with van der Waals surface area (Å²) >= 11 is 0. The summed E-state index contributed by atoms with van der Waals surface area (Å²) in [5.74, 6) is 1.62. The van der Waals surface area contributed by atoms with E-state index in [1.165, 1.54) is 173 Å². The zero-order valence-corrected chi connectivity index (χ0v) is 41.3. The number of hydrogen-bond acceptors (Lipinski definition) is 6. The second-order valence-electron chi connectivity index (χ2n) is 19.9. The summed E-state index contributed by atoms with van der Waals surface area (Å²) in [5.41, 5.74) is 0. The lowest BCUT2D eigenvalue weighted by molar-refractivity contribution is -0.167. The Bertz CT molecular complexity index is 929. The lowest BCUT2D eigenvalue weighted by atomic mass is 10.0. The number of carbonyl (C=O) groups excluding carboxylic acids is 3. The van der Waals surface area contributed by atoms with Crippen molar-refractivity contribution in [2.45, 2.75) is 298 Å². The van der Waals surface area contributed by atoms with E-state index in [2.05, 4.69) is 41.5 Å². The molecule has 0 radical (unpaired) electrons. The van der Waals surface area contributed by atoms with E-state index in [1.54, 1.807) is 0 Å². The van der Waals surface area contributed by atoms with Crippen molar-refractivity contribution < 1.29 is 28.6 Å². The predicted octanol–water partition coefficient (Wildman–Crippen LogP) is 17.2. The molecule has 1 atom stereocenters. The van der Waals surface area contributed by atoms with Crippen LogP contribution in [0.15, 0.2) is 0 Å². The summed E-state index contributed by atoms with van der Waals surface area (Å²) in [4.78, 5) is 38.0. The average Bonchev–Trinajstić information content (AvgIpc) is 3.20. The van der Waals surface area contributed by atoms with E-state index in [4.69, 9.17) is 14.2 Å². The Balaban J connectivity index is 4.30. The highest BCUT2D eigenvalue weighted by Crippen LogP contribution is 2.18. The van der Waals surface area contributed by atoms with Gasteiger partial charge in [0.05, 0.1) is 0 Å². The van der Waals surface area contributed by atoms with Gasteiger partial charge in [-0.15, -0.1) is 0 Å². The van der Waals surface area contributed by atoms with Crippen LogP contribution in [0.2, 0.25) is 0 Å². The van der Waals surface area contributed by atoms with Gasteiger partial charge in [0.15, 0.2) is 6.10 Å². The SMILES string of the molecule is CC(C)CCCCCCCCCCCCCCCC(=O)OC[C@@H](COC(=O)CCCCCCCCCCCCCC(C)C)OC(=O)CCCCCCCCCCCC(C)C. The van der Waals surface area contributed by atoms with E-state index >= 15 is 0 Å². The number of esters is 3. The lowest BCUT2D eigenvalue weighted by Gasteiger charge is -2.18. The zero-order valence-electron chi connectivity index (χ0n) is 41.3. The van der Waals surface area contributed by atoms with E-state index in [0.717, 1.165) is 75.5 Å². The molecule has 60 heavy (non-hydrogen) atoms. The minimum atomic E-state index is -0.763. The van der Waals surface area contributed by atoms with Gasteiger partial charge in [0.25, 0.3) is 0 Å². The summed E-state index contributed by atoms with van der Waals surface area (Å²) in [5, 5.41) is 0. The van der Waals surface area contributed by atoms with E-state index in [0.29, 0.717) is 19.3 Å². The molecule has 0 aliphatic carbocycles. The van der Waals surface area contributed by atoms with Crippen molar-refractivity contribution in [3.05, 3.63) is 0 Å². The van der Waals surface area contributed by atoms with Gasteiger partial charge in [0, 0.05) is 19.3 Å². The van der Waals surface area contributed by atoms with Crippen LogP contribution in [-0.4, -0.2) is 37.2 Å². The topological polar surface area (TPSA) is 78.9 Å². The molecule has 0 amide bonds. The maximum absolute atomic E-state index is 12.8. The second-order valence-corrected chi connectivity index (χ2v) is 19.9. The Hall–Kier alpha value is -1.59. The largest absolute Gasteiger partial charge is 0.462 e. The maximum atomic E-state index is 12.8. The molecule has 0 unspecified atom stereocenters. The van der Waals surface area contributed by atoms with Crippen LogP contribution in [0.3, 0.4) is 0 Å². The Morgan fingerprint density at radius 2 is 0.483 bits per heavy atom. The molecule has 0 aromatic carbocycles. The summed E-state index contributed by atoms with van der Waals surface area (Å²) in [6, 6.07) is 0. The van der Waals surface area contributed by atoms with E-state index < -0.39 is 6.10 Å². The Morgan fingerprint density at radius 3 is 0.717 bits per heavy atom. The Labute approximate surface area is 374 Å². The maximum Gasteiger partial charge on any atom is 0.306 e. The van der Waals surface area contributed by atoms with Gasteiger partial charge in [0.2, 0.25) is 0 Å². The van der Waals surface area contributed by atoms with Gasteiger partial charge in [-0.2, -0.15) is 0 Å². The number of ether oxygens (including phenoxy) is 3. The van der Waals surface area contributed by atoms with Crippen LogP contribution in [0.4, 0.5) is 0 Å². The number of hydrogen-bond donors (Lipinski definition) is 0. The lowest BCUT2D eigenvalue weighted by Crippen LogP contribution is -2.30. The monoisotopic (exact) mass is 849 g/mol. The highest BCUT2D eigenvalue weighted by molar-refractivity contribution is 5.71.